The monoisotopic (exact) mass is 1110 g/mol. The fraction of sp³-hybridized carbons (Fsp3) is 0.780. The Labute approximate surface area is 451 Å². The van der Waals surface area contributed by atoms with Gasteiger partial charge in [0.2, 0.25) is 41.4 Å². The molecule has 0 spiro atoms. The van der Waals surface area contributed by atoms with E-state index < -0.39 is 121 Å². The van der Waals surface area contributed by atoms with Gasteiger partial charge in [0.25, 0.3) is 0 Å². The number of ether oxygens (including phenoxy) is 8. The van der Waals surface area contributed by atoms with E-state index in [4.69, 9.17) is 37.9 Å². The zero-order valence-corrected chi connectivity index (χ0v) is 46.4. The number of hydrogen-bond donors (Lipinski definition) is 8. The highest BCUT2D eigenvalue weighted by Crippen LogP contribution is 2.11. The van der Waals surface area contributed by atoms with Gasteiger partial charge in [0.05, 0.1) is 103 Å². The molecule has 0 saturated heterocycles. The van der Waals surface area contributed by atoms with Crippen LogP contribution >= 0.6 is 0 Å². The molecule has 0 aromatic carbocycles. The number of aliphatic hydroxyl groups is 1. The van der Waals surface area contributed by atoms with Gasteiger partial charge in [-0.1, -0.05) is 0 Å². The van der Waals surface area contributed by atoms with E-state index in [0.29, 0.717) is 26.4 Å². The molecule has 0 aliphatic rings. The zero-order chi connectivity index (χ0) is 58.2. The number of carbonyl (C=O) groups is 11. The Morgan fingerprint density at radius 1 is 0.377 bits per heavy atom. The molecule has 7 amide bonds. The van der Waals surface area contributed by atoms with E-state index in [9.17, 15) is 57.8 Å². The second kappa shape index (κ2) is 42.6. The first-order valence-electron chi connectivity index (χ1n) is 25.7. The van der Waals surface area contributed by atoms with Crippen molar-refractivity contribution in [1.29, 1.82) is 0 Å². The first-order valence-corrected chi connectivity index (χ1v) is 25.7. The van der Waals surface area contributed by atoms with Gasteiger partial charge in [-0.25, -0.2) is 0 Å². The van der Waals surface area contributed by atoms with Gasteiger partial charge in [-0.3, -0.25) is 52.7 Å². The lowest BCUT2D eigenvalue weighted by Crippen LogP contribution is -2.56. The van der Waals surface area contributed by atoms with Crippen LogP contribution in [0.4, 0.5) is 0 Å². The number of nitrogens with one attached hydrogen (secondary N) is 7. The molecule has 0 rings (SSSR count). The number of carbonyl (C=O) groups excluding carboxylic acids is 11. The summed E-state index contributed by atoms with van der Waals surface area (Å²) in [6.45, 7) is 8.67. The SMILES string of the molecule is COCCOCCC(=O)C(C)NC(=O)CCC(NC(=O)C(CCC(=O)NC(CCC(=O)NC(C)(C)C(=O)CCOCCOC)C(=O)NC(C)C(=O)CCOCCOC)NC(=O)CO)C(=O)NC(C)C(=O)CCOCCOC. The average Bonchev–Trinajstić information content (AvgIpc) is 3.38. The Hall–Kier alpha value is -5.39. The Morgan fingerprint density at radius 2 is 0.688 bits per heavy atom. The molecule has 6 unspecified atom stereocenters. The number of Topliss-reactive ketones (excluding diaryl/α,β-unsaturated/α-hetero) is 4. The average molecular weight is 1110 g/mol. The van der Waals surface area contributed by atoms with Crippen LogP contribution in [0.3, 0.4) is 0 Å². The lowest BCUT2D eigenvalue weighted by Gasteiger charge is -2.26. The molecule has 27 nitrogen and oxygen atoms in total. The van der Waals surface area contributed by atoms with Crippen molar-refractivity contribution in [2.75, 3.05) is 114 Å². The fourth-order valence-electron chi connectivity index (χ4n) is 6.70. The molecule has 8 N–H and O–H groups in total. The molecule has 0 fully saturated rings. The molecular weight excluding hydrogens is 1020 g/mol. The van der Waals surface area contributed by atoms with Gasteiger partial charge < -0.3 is 80.2 Å². The minimum absolute atomic E-state index is 0.0123. The third-order valence-electron chi connectivity index (χ3n) is 11.4. The van der Waals surface area contributed by atoms with Crippen LogP contribution in [-0.4, -0.2) is 226 Å². The van der Waals surface area contributed by atoms with Crippen molar-refractivity contribution in [1.82, 2.24) is 37.2 Å². The van der Waals surface area contributed by atoms with Crippen molar-refractivity contribution in [3.8, 4) is 0 Å². The number of hydrogen-bond acceptors (Lipinski definition) is 20. The van der Waals surface area contributed by atoms with Crippen LogP contribution in [0, 0.1) is 0 Å². The molecule has 0 aromatic heterocycles. The molecule has 6 atom stereocenters. The van der Waals surface area contributed by atoms with Gasteiger partial charge in [-0.05, 0) is 53.9 Å². The predicted molar refractivity (Wildman–Crippen MR) is 275 cm³/mol. The number of methoxy groups -OCH3 is 4. The summed E-state index contributed by atoms with van der Waals surface area (Å²) in [4.78, 5) is 145. The normalized spacial score (nSPS) is 13.6. The lowest BCUT2D eigenvalue weighted by molar-refractivity contribution is -0.135. The lowest BCUT2D eigenvalue weighted by atomic mass is 9.96. The van der Waals surface area contributed by atoms with Crippen LogP contribution in [-0.2, 0) is 90.6 Å². The quantitative estimate of drug-likeness (QED) is 0.0296. The fourth-order valence-corrected chi connectivity index (χ4v) is 6.70. The van der Waals surface area contributed by atoms with Crippen molar-refractivity contribution in [2.45, 2.75) is 141 Å². The third kappa shape index (κ3) is 34.2. The second-order valence-corrected chi connectivity index (χ2v) is 18.2. The minimum Gasteiger partial charge on any atom is -0.387 e. The first-order chi connectivity index (χ1) is 36.6. The molecule has 0 heterocycles. The number of rotatable bonds is 48. The van der Waals surface area contributed by atoms with Crippen LogP contribution in [0.1, 0.15) is 98.8 Å². The predicted octanol–water partition coefficient (Wildman–Crippen LogP) is -2.33. The summed E-state index contributed by atoms with van der Waals surface area (Å²) < 4.78 is 41.1. The van der Waals surface area contributed by atoms with Gasteiger partial charge >= 0.3 is 0 Å². The Bertz CT molecular complexity index is 1840. The zero-order valence-electron chi connectivity index (χ0n) is 46.4. The van der Waals surface area contributed by atoms with E-state index >= 15 is 0 Å². The van der Waals surface area contributed by atoms with Crippen molar-refractivity contribution in [2.24, 2.45) is 0 Å². The van der Waals surface area contributed by atoms with E-state index in [2.05, 4.69) is 37.2 Å². The minimum atomic E-state index is -1.62. The van der Waals surface area contributed by atoms with Gasteiger partial charge in [0, 0.05) is 73.4 Å². The van der Waals surface area contributed by atoms with E-state index in [0.717, 1.165) is 0 Å². The molecule has 0 bridgehead atoms. The summed E-state index contributed by atoms with van der Waals surface area (Å²) in [6, 6.07) is -7.73. The van der Waals surface area contributed by atoms with Crippen LogP contribution < -0.4 is 37.2 Å². The van der Waals surface area contributed by atoms with E-state index in [1.54, 1.807) is 0 Å². The maximum Gasteiger partial charge on any atom is 0.246 e. The summed E-state index contributed by atoms with van der Waals surface area (Å²) in [5.74, 6) is -7.57. The topological polar surface area (TPSA) is 366 Å². The molecule has 0 saturated carbocycles. The van der Waals surface area contributed by atoms with Crippen molar-refractivity contribution in [3.63, 3.8) is 0 Å². The van der Waals surface area contributed by atoms with Gasteiger partial charge in [0.15, 0.2) is 23.1 Å². The molecule has 77 heavy (non-hydrogen) atoms. The van der Waals surface area contributed by atoms with Gasteiger partial charge in [-0.15, -0.1) is 0 Å². The molecular formula is C50H87N7O20. The van der Waals surface area contributed by atoms with E-state index in [1.165, 1.54) is 63.1 Å². The summed E-state index contributed by atoms with van der Waals surface area (Å²) in [6.07, 6.45) is -2.79. The van der Waals surface area contributed by atoms with Crippen molar-refractivity contribution in [3.05, 3.63) is 0 Å². The smallest absolute Gasteiger partial charge is 0.246 e. The highest BCUT2D eigenvalue weighted by molar-refractivity contribution is 5.97. The van der Waals surface area contributed by atoms with E-state index in [1.807, 2.05) is 0 Å². The summed E-state index contributed by atoms with van der Waals surface area (Å²) in [5.41, 5.74) is -1.34. The van der Waals surface area contributed by atoms with Crippen LogP contribution in [0.15, 0.2) is 0 Å². The maximum absolute atomic E-state index is 14.0. The molecule has 0 aromatic rings. The highest BCUT2D eigenvalue weighted by atomic mass is 16.5. The van der Waals surface area contributed by atoms with Crippen molar-refractivity contribution >= 4 is 64.5 Å². The third-order valence-corrected chi connectivity index (χ3v) is 11.4. The molecule has 27 heteroatoms. The Kier molecular flexibility index (Phi) is 39.6. The summed E-state index contributed by atoms with van der Waals surface area (Å²) >= 11 is 0. The molecule has 0 aliphatic heterocycles. The second-order valence-electron chi connectivity index (χ2n) is 18.2. The molecule has 0 radical (unpaired) electrons. The largest absolute Gasteiger partial charge is 0.387 e. The van der Waals surface area contributed by atoms with Crippen LogP contribution in [0.2, 0.25) is 0 Å². The van der Waals surface area contributed by atoms with Crippen LogP contribution in [0.25, 0.3) is 0 Å². The number of amides is 7. The number of aliphatic hydroxyl groups excluding tert-OH is 1. The standard InChI is InChI=1S/C50H87N7O20/c1-33(39(59)16-20-74-28-24-70-6)51-43(63)13-11-38(48(68)53-35(3)41(61)18-22-76-30-26-72-8)56-49(69)37(55-46(66)32-58)10-14-44(64)54-36(47(67)52-34(2)40(60)17-21-75-29-25-71-7)12-15-45(65)57-50(4,5)42(62)19-23-77-31-27-73-9/h33-38,58H,10-32H2,1-9H3,(H,51,63)(H,52,67)(H,53,68)(H,54,64)(H,55,66)(H,56,69)(H,57,65). The summed E-state index contributed by atoms with van der Waals surface area (Å²) in [5, 5.41) is 27.1. The highest BCUT2D eigenvalue weighted by Gasteiger charge is 2.33. The Morgan fingerprint density at radius 3 is 1.06 bits per heavy atom. The molecule has 0 aliphatic carbocycles. The first kappa shape index (κ1) is 71.6. The molecule has 442 valence electrons. The van der Waals surface area contributed by atoms with Gasteiger partial charge in [0.1, 0.15) is 24.7 Å². The summed E-state index contributed by atoms with van der Waals surface area (Å²) in [7, 11) is 5.97. The van der Waals surface area contributed by atoms with Crippen LogP contribution in [0.5, 0.6) is 0 Å². The maximum atomic E-state index is 14.0. The van der Waals surface area contributed by atoms with Crippen molar-refractivity contribution < 1.29 is 95.7 Å². The number of ketones is 4. The van der Waals surface area contributed by atoms with Gasteiger partial charge in [-0.2, -0.15) is 0 Å². The van der Waals surface area contributed by atoms with E-state index in [-0.39, 0.29) is 109 Å². The Balaban J connectivity index is 6.40.